The number of thiazole rings is 1. The SMILES string of the molecule is CCOC1CC(NC(=NC)NCc2nc(C(F)(F)F)cs2)C12CCC2. The molecule has 2 saturated carbocycles. The predicted molar refractivity (Wildman–Crippen MR) is 90.6 cm³/mol. The van der Waals surface area contributed by atoms with E-state index in [2.05, 4.69) is 20.6 Å². The van der Waals surface area contributed by atoms with E-state index in [9.17, 15) is 13.2 Å². The summed E-state index contributed by atoms with van der Waals surface area (Å²) < 4.78 is 43.6. The molecular weight excluding hydrogens is 353 g/mol. The van der Waals surface area contributed by atoms with E-state index >= 15 is 0 Å². The number of ether oxygens (including phenoxy) is 1. The van der Waals surface area contributed by atoms with Crippen LogP contribution >= 0.6 is 11.3 Å². The van der Waals surface area contributed by atoms with Crippen molar-refractivity contribution in [3.8, 4) is 0 Å². The van der Waals surface area contributed by atoms with Crippen molar-refractivity contribution in [2.75, 3.05) is 13.7 Å². The van der Waals surface area contributed by atoms with Crippen LogP contribution in [0.25, 0.3) is 0 Å². The summed E-state index contributed by atoms with van der Waals surface area (Å²) in [5.41, 5.74) is -0.651. The van der Waals surface area contributed by atoms with Crippen molar-refractivity contribution in [1.29, 1.82) is 0 Å². The lowest BCUT2D eigenvalue weighted by molar-refractivity contribution is -0.168. The van der Waals surface area contributed by atoms with Gasteiger partial charge in [0.15, 0.2) is 11.7 Å². The average molecular weight is 376 g/mol. The molecule has 1 spiro atoms. The molecular formula is C16H23F3N4OS. The highest BCUT2D eigenvalue weighted by atomic mass is 32.1. The van der Waals surface area contributed by atoms with Crippen LogP contribution in [0.1, 0.15) is 43.3 Å². The van der Waals surface area contributed by atoms with Crippen LogP contribution in [0, 0.1) is 5.41 Å². The fourth-order valence-electron chi connectivity index (χ4n) is 3.68. The molecule has 1 heterocycles. The highest BCUT2D eigenvalue weighted by Gasteiger charge is 2.59. The minimum Gasteiger partial charge on any atom is -0.378 e. The van der Waals surface area contributed by atoms with Crippen molar-refractivity contribution in [2.24, 2.45) is 10.4 Å². The van der Waals surface area contributed by atoms with Crippen molar-refractivity contribution in [1.82, 2.24) is 15.6 Å². The summed E-state index contributed by atoms with van der Waals surface area (Å²) in [5, 5.41) is 7.89. The molecule has 0 saturated heterocycles. The normalized spacial score (nSPS) is 25.4. The molecule has 2 fully saturated rings. The molecule has 0 bridgehead atoms. The van der Waals surface area contributed by atoms with E-state index < -0.39 is 11.9 Å². The van der Waals surface area contributed by atoms with Crippen LogP contribution in [0.2, 0.25) is 0 Å². The average Bonchev–Trinajstić information content (AvgIpc) is 2.96. The molecule has 0 aromatic carbocycles. The van der Waals surface area contributed by atoms with E-state index in [1.165, 1.54) is 6.42 Å². The minimum atomic E-state index is -4.40. The maximum absolute atomic E-state index is 12.6. The molecule has 2 aliphatic carbocycles. The van der Waals surface area contributed by atoms with Gasteiger partial charge in [-0.25, -0.2) is 4.98 Å². The topological polar surface area (TPSA) is 58.5 Å². The van der Waals surface area contributed by atoms with Gasteiger partial charge < -0.3 is 15.4 Å². The van der Waals surface area contributed by atoms with E-state index in [0.29, 0.717) is 23.1 Å². The van der Waals surface area contributed by atoms with Crippen LogP contribution in [-0.4, -0.2) is 36.7 Å². The third kappa shape index (κ3) is 3.62. The summed E-state index contributed by atoms with van der Waals surface area (Å²) in [4.78, 5) is 7.81. The van der Waals surface area contributed by atoms with Crippen LogP contribution in [0.4, 0.5) is 13.2 Å². The Balaban J connectivity index is 1.53. The van der Waals surface area contributed by atoms with E-state index in [0.717, 1.165) is 42.6 Å². The number of nitrogens with zero attached hydrogens (tertiary/aromatic N) is 2. The maximum atomic E-state index is 12.6. The lowest BCUT2D eigenvalue weighted by Gasteiger charge is -2.61. The number of aromatic nitrogens is 1. The van der Waals surface area contributed by atoms with Crippen LogP contribution in [0.5, 0.6) is 0 Å². The quantitative estimate of drug-likeness (QED) is 0.612. The Morgan fingerprint density at radius 2 is 2.24 bits per heavy atom. The number of nitrogens with one attached hydrogen (secondary N) is 2. The van der Waals surface area contributed by atoms with Gasteiger partial charge in [0.1, 0.15) is 5.01 Å². The van der Waals surface area contributed by atoms with Crippen LogP contribution in [-0.2, 0) is 17.5 Å². The minimum absolute atomic E-state index is 0.193. The zero-order chi connectivity index (χ0) is 18.1. The molecule has 5 nitrogen and oxygen atoms in total. The Morgan fingerprint density at radius 3 is 2.76 bits per heavy atom. The number of hydrogen-bond donors (Lipinski definition) is 2. The van der Waals surface area contributed by atoms with Crippen molar-refractivity contribution in [2.45, 2.75) is 57.5 Å². The Labute approximate surface area is 149 Å². The zero-order valence-corrected chi connectivity index (χ0v) is 15.1. The smallest absolute Gasteiger partial charge is 0.378 e. The Hall–Kier alpha value is -1.35. The van der Waals surface area contributed by atoms with Crippen molar-refractivity contribution >= 4 is 17.3 Å². The van der Waals surface area contributed by atoms with Crippen molar-refractivity contribution < 1.29 is 17.9 Å². The highest BCUT2D eigenvalue weighted by Crippen LogP contribution is 2.57. The Bertz CT molecular complexity index is 627. The third-order valence-corrected chi connectivity index (χ3v) is 6.07. The van der Waals surface area contributed by atoms with E-state index in [-0.39, 0.29) is 12.0 Å². The summed E-state index contributed by atoms with van der Waals surface area (Å²) in [5.74, 6) is 0.593. The number of rotatable bonds is 5. The first-order valence-corrected chi connectivity index (χ1v) is 9.37. The molecule has 2 unspecified atom stereocenters. The standard InChI is InChI=1S/C16H23F3N4OS/c1-3-24-12-7-10(15(12)5-4-6-15)23-14(20-2)21-8-13-22-11(9-25-13)16(17,18)19/h9-10,12H,3-8H2,1-2H3,(H2,20,21,23). The van der Waals surface area contributed by atoms with Gasteiger partial charge in [0.05, 0.1) is 12.6 Å². The second-order valence-electron chi connectivity index (χ2n) is 6.51. The van der Waals surface area contributed by atoms with Crippen LogP contribution in [0.15, 0.2) is 10.4 Å². The second-order valence-corrected chi connectivity index (χ2v) is 7.46. The summed E-state index contributed by atoms with van der Waals surface area (Å²) in [7, 11) is 1.66. The van der Waals surface area contributed by atoms with Gasteiger partial charge in [-0.3, -0.25) is 4.99 Å². The van der Waals surface area contributed by atoms with Gasteiger partial charge in [-0.1, -0.05) is 6.42 Å². The summed E-state index contributed by atoms with van der Waals surface area (Å²) in [6.45, 7) is 2.95. The lowest BCUT2D eigenvalue weighted by Crippen LogP contribution is -2.68. The van der Waals surface area contributed by atoms with E-state index in [1.54, 1.807) is 7.05 Å². The fraction of sp³-hybridized carbons (Fsp3) is 0.750. The predicted octanol–water partition coefficient (Wildman–Crippen LogP) is 3.17. The number of alkyl halides is 3. The second kappa shape index (κ2) is 7.11. The molecule has 0 amide bonds. The monoisotopic (exact) mass is 376 g/mol. The molecule has 2 aliphatic rings. The third-order valence-electron chi connectivity index (χ3n) is 5.22. The molecule has 1 aromatic rings. The van der Waals surface area contributed by atoms with Gasteiger partial charge in [0.25, 0.3) is 0 Å². The van der Waals surface area contributed by atoms with Crippen molar-refractivity contribution in [3.05, 3.63) is 16.1 Å². The molecule has 3 rings (SSSR count). The number of guanidine groups is 1. The summed E-state index contributed by atoms with van der Waals surface area (Å²) in [6, 6.07) is 0.297. The van der Waals surface area contributed by atoms with Gasteiger partial charge in [-0.15, -0.1) is 11.3 Å². The molecule has 2 N–H and O–H groups in total. The zero-order valence-electron chi connectivity index (χ0n) is 14.3. The highest BCUT2D eigenvalue weighted by molar-refractivity contribution is 7.09. The number of hydrogen-bond acceptors (Lipinski definition) is 4. The molecule has 1 aromatic heterocycles. The molecule has 25 heavy (non-hydrogen) atoms. The molecule has 2 atom stereocenters. The number of halogens is 3. The summed E-state index contributed by atoms with van der Waals surface area (Å²) >= 11 is 0.994. The van der Waals surface area contributed by atoms with Crippen LogP contribution in [0.3, 0.4) is 0 Å². The van der Waals surface area contributed by atoms with Crippen LogP contribution < -0.4 is 10.6 Å². The van der Waals surface area contributed by atoms with Gasteiger partial charge in [-0.05, 0) is 26.2 Å². The first-order chi connectivity index (χ1) is 11.9. The Morgan fingerprint density at radius 1 is 1.48 bits per heavy atom. The van der Waals surface area contributed by atoms with Gasteiger partial charge >= 0.3 is 6.18 Å². The first-order valence-electron chi connectivity index (χ1n) is 8.49. The first kappa shape index (κ1) is 18.4. The molecule has 140 valence electrons. The summed E-state index contributed by atoms with van der Waals surface area (Å²) in [6.07, 6.45) is 0.347. The Kier molecular flexibility index (Phi) is 5.24. The largest absolute Gasteiger partial charge is 0.434 e. The molecule has 0 aliphatic heterocycles. The van der Waals surface area contributed by atoms with E-state index in [4.69, 9.17) is 4.74 Å². The van der Waals surface area contributed by atoms with Gasteiger partial charge in [0, 0.05) is 30.5 Å². The maximum Gasteiger partial charge on any atom is 0.434 e. The molecule has 9 heteroatoms. The number of aliphatic imine (C=N–C) groups is 1. The van der Waals surface area contributed by atoms with E-state index in [1.807, 2.05) is 6.92 Å². The lowest BCUT2D eigenvalue weighted by atomic mass is 9.51. The van der Waals surface area contributed by atoms with Gasteiger partial charge in [-0.2, -0.15) is 13.2 Å². The van der Waals surface area contributed by atoms with Crippen molar-refractivity contribution in [3.63, 3.8) is 0 Å². The van der Waals surface area contributed by atoms with Gasteiger partial charge in [0.2, 0.25) is 0 Å². The fourth-order valence-corrected chi connectivity index (χ4v) is 4.42. The molecule has 0 radical (unpaired) electrons.